The molecule has 1 aliphatic carbocycles. The second-order valence-corrected chi connectivity index (χ2v) is 6.32. The van der Waals surface area contributed by atoms with Crippen LogP contribution in [0.25, 0.3) is 0 Å². The second kappa shape index (κ2) is 5.75. The van der Waals surface area contributed by atoms with Gasteiger partial charge in [0, 0.05) is 19.2 Å². The highest BCUT2D eigenvalue weighted by Crippen LogP contribution is 2.45. The molecule has 1 saturated heterocycles. The minimum atomic E-state index is -0.764. The highest BCUT2D eigenvalue weighted by Gasteiger charge is 2.36. The topological polar surface area (TPSA) is 54.2 Å². The van der Waals surface area contributed by atoms with E-state index in [-0.39, 0.29) is 11.6 Å². The monoisotopic (exact) mass is 296 g/mol. The van der Waals surface area contributed by atoms with Gasteiger partial charge in [-0.3, -0.25) is 0 Å². The van der Waals surface area contributed by atoms with Crippen molar-refractivity contribution < 1.29 is 8.78 Å². The molecule has 3 rings (SSSR count). The second-order valence-electron chi connectivity index (χ2n) is 6.32. The van der Waals surface area contributed by atoms with E-state index in [1.807, 2.05) is 4.90 Å². The molecule has 116 valence electrons. The van der Waals surface area contributed by atoms with E-state index in [1.54, 1.807) is 0 Å². The van der Waals surface area contributed by atoms with Crippen molar-refractivity contribution >= 4 is 11.6 Å². The molecule has 0 atom stereocenters. The van der Waals surface area contributed by atoms with E-state index >= 15 is 0 Å². The molecular weight excluding hydrogens is 274 g/mol. The number of piperidine rings is 1. The number of pyridine rings is 1. The predicted octanol–water partition coefficient (Wildman–Crippen LogP) is 3.20. The van der Waals surface area contributed by atoms with E-state index in [1.165, 1.54) is 32.1 Å². The normalized spacial score (nSPS) is 21.6. The van der Waals surface area contributed by atoms with Crippen molar-refractivity contribution in [2.75, 3.05) is 23.4 Å². The van der Waals surface area contributed by atoms with Gasteiger partial charge in [-0.2, -0.15) is 0 Å². The van der Waals surface area contributed by atoms with Gasteiger partial charge in [0.2, 0.25) is 0 Å². The first kappa shape index (κ1) is 14.5. The van der Waals surface area contributed by atoms with Crippen LogP contribution in [0.15, 0.2) is 6.07 Å². The fourth-order valence-electron chi connectivity index (χ4n) is 3.77. The number of nitrogens with two attached hydrogens (primary N) is 1. The Balaban J connectivity index is 1.74. The van der Waals surface area contributed by atoms with Gasteiger partial charge in [0.05, 0.1) is 0 Å². The zero-order valence-electron chi connectivity index (χ0n) is 12.2. The number of nitrogens with zero attached hydrogens (tertiary/aromatic N) is 2. The summed E-state index contributed by atoms with van der Waals surface area (Å²) < 4.78 is 27.4. The maximum absolute atomic E-state index is 14.0. The highest BCUT2D eigenvalue weighted by atomic mass is 19.1. The van der Waals surface area contributed by atoms with Crippen LogP contribution in [-0.2, 0) is 0 Å². The Bertz CT molecular complexity index is 505. The van der Waals surface area contributed by atoms with Gasteiger partial charge in [0.25, 0.3) is 0 Å². The lowest BCUT2D eigenvalue weighted by atomic mass is 9.68. The quantitative estimate of drug-likeness (QED) is 0.650. The van der Waals surface area contributed by atoms with Crippen LogP contribution < -0.4 is 16.2 Å². The number of hydrogen-bond donors (Lipinski definition) is 2. The van der Waals surface area contributed by atoms with Gasteiger partial charge in [-0.15, -0.1) is 0 Å². The van der Waals surface area contributed by atoms with Gasteiger partial charge in [0.15, 0.2) is 23.3 Å². The van der Waals surface area contributed by atoms with Crippen molar-refractivity contribution in [3.8, 4) is 0 Å². The smallest absolute Gasteiger partial charge is 0.178 e. The molecule has 2 fully saturated rings. The van der Waals surface area contributed by atoms with Gasteiger partial charge in [0.1, 0.15) is 0 Å². The molecule has 6 heteroatoms. The summed E-state index contributed by atoms with van der Waals surface area (Å²) in [4.78, 5) is 5.90. The lowest BCUT2D eigenvalue weighted by molar-refractivity contribution is 0.144. The minimum absolute atomic E-state index is 0.107. The fourth-order valence-corrected chi connectivity index (χ4v) is 3.77. The van der Waals surface area contributed by atoms with Crippen LogP contribution in [0.4, 0.5) is 20.4 Å². The number of nitrogen functional groups attached to an aromatic ring is 1. The first-order chi connectivity index (χ1) is 10.1. The molecule has 2 heterocycles. The molecule has 2 aliphatic rings. The summed E-state index contributed by atoms with van der Waals surface area (Å²) in [7, 11) is 0. The van der Waals surface area contributed by atoms with E-state index in [0.717, 1.165) is 32.0 Å². The molecule has 0 amide bonds. The minimum Gasteiger partial charge on any atom is -0.354 e. The maximum Gasteiger partial charge on any atom is 0.178 e. The predicted molar refractivity (Wildman–Crippen MR) is 78.9 cm³/mol. The number of aromatic nitrogens is 1. The Hall–Kier alpha value is -1.43. The van der Waals surface area contributed by atoms with E-state index in [2.05, 4.69) is 10.4 Å². The molecule has 21 heavy (non-hydrogen) atoms. The van der Waals surface area contributed by atoms with E-state index in [4.69, 9.17) is 5.84 Å². The molecule has 1 aromatic heterocycles. The molecule has 1 saturated carbocycles. The lowest BCUT2D eigenvalue weighted by Gasteiger charge is -2.44. The molecular formula is C15H22F2N4. The zero-order valence-corrected chi connectivity index (χ0v) is 12.2. The fraction of sp³-hybridized carbons (Fsp3) is 0.667. The highest BCUT2D eigenvalue weighted by molar-refractivity contribution is 5.49. The first-order valence-electron chi connectivity index (χ1n) is 7.71. The molecule has 0 bridgehead atoms. The van der Waals surface area contributed by atoms with Crippen LogP contribution in [-0.4, -0.2) is 18.1 Å². The summed E-state index contributed by atoms with van der Waals surface area (Å²) in [5.74, 6) is 3.93. The van der Waals surface area contributed by atoms with Crippen LogP contribution >= 0.6 is 0 Å². The molecule has 1 aliphatic heterocycles. The van der Waals surface area contributed by atoms with Crippen molar-refractivity contribution in [3.63, 3.8) is 0 Å². The largest absolute Gasteiger partial charge is 0.354 e. The molecule has 0 unspecified atom stereocenters. The number of halogens is 2. The SMILES string of the molecule is NNc1nc(N2CCC3(CCCCC3)CC2)c(F)cc1F. The summed E-state index contributed by atoms with van der Waals surface area (Å²) in [5, 5.41) is 0. The summed E-state index contributed by atoms with van der Waals surface area (Å²) in [6.45, 7) is 1.55. The van der Waals surface area contributed by atoms with Crippen molar-refractivity contribution in [3.05, 3.63) is 17.7 Å². The molecule has 3 N–H and O–H groups in total. The third-order valence-corrected chi connectivity index (χ3v) is 5.09. The average Bonchev–Trinajstić information content (AvgIpc) is 2.50. The van der Waals surface area contributed by atoms with E-state index in [0.29, 0.717) is 5.41 Å². The third-order valence-electron chi connectivity index (χ3n) is 5.09. The molecule has 0 aromatic carbocycles. The van der Waals surface area contributed by atoms with Gasteiger partial charge in [-0.05, 0) is 31.1 Å². The Morgan fingerprint density at radius 3 is 2.33 bits per heavy atom. The molecule has 1 aromatic rings. The Kier molecular flexibility index (Phi) is 3.97. The van der Waals surface area contributed by atoms with Crippen molar-refractivity contribution in [2.24, 2.45) is 11.3 Å². The Morgan fingerprint density at radius 1 is 1.05 bits per heavy atom. The average molecular weight is 296 g/mol. The van der Waals surface area contributed by atoms with Crippen LogP contribution in [0.1, 0.15) is 44.9 Å². The summed E-state index contributed by atoms with van der Waals surface area (Å²) >= 11 is 0. The molecule has 0 radical (unpaired) electrons. The van der Waals surface area contributed by atoms with Crippen LogP contribution in [0, 0.1) is 17.0 Å². The molecule has 4 nitrogen and oxygen atoms in total. The zero-order chi connectivity index (χ0) is 14.9. The number of hydrogen-bond acceptors (Lipinski definition) is 4. The summed E-state index contributed by atoms with van der Waals surface area (Å²) in [6, 6.07) is 0.850. The van der Waals surface area contributed by atoms with Crippen LogP contribution in [0.3, 0.4) is 0 Å². The lowest BCUT2D eigenvalue weighted by Crippen LogP contribution is -2.42. The van der Waals surface area contributed by atoms with E-state index < -0.39 is 11.6 Å². The van der Waals surface area contributed by atoms with Gasteiger partial charge < -0.3 is 10.3 Å². The summed E-state index contributed by atoms with van der Waals surface area (Å²) in [5.41, 5.74) is 2.62. The van der Waals surface area contributed by atoms with Crippen molar-refractivity contribution in [1.29, 1.82) is 0 Å². The number of hydrazine groups is 1. The van der Waals surface area contributed by atoms with Gasteiger partial charge >= 0.3 is 0 Å². The standard InChI is InChI=1S/C15H22F2N4/c16-11-10-12(17)14(19-13(11)20-18)21-8-6-15(7-9-21)4-2-1-3-5-15/h10H,1-9,18H2,(H,19,20). The van der Waals surface area contributed by atoms with E-state index in [9.17, 15) is 8.78 Å². The number of anilines is 2. The maximum atomic E-state index is 14.0. The first-order valence-corrected chi connectivity index (χ1v) is 7.71. The number of rotatable bonds is 2. The third kappa shape index (κ3) is 2.81. The number of nitrogens with one attached hydrogen (secondary N) is 1. The van der Waals surface area contributed by atoms with Gasteiger partial charge in [-0.25, -0.2) is 19.6 Å². The van der Waals surface area contributed by atoms with Crippen LogP contribution in [0.2, 0.25) is 0 Å². The Morgan fingerprint density at radius 2 is 1.71 bits per heavy atom. The summed E-state index contributed by atoms with van der Waals surface area (Å²) in [6.07, 6.45) is 8.67. The van der Waals surface area contributed by atoms with Crippen LogP contribution in [0.5, 0.6) is 0 Å². The Labute approximate surface area is 123 Å². The van der Waals surface area contributed by atoms with Crippen molar-refractivity contribution in [2.45, 2.75) is 44.9 Å². The van der Waals surface area contributed by atoms with Crippen molar-refractivity contribution in [1.82, 2.24) is 4.98 Å². The van der Waals surface area contributed by atoms with Gasteiger partial charge in [-0.1, -0.05) is 19.3 Å². The molecule has 1 spiro atoms.